The van der Waals surface area contributed by atoms with Crippen molar-refractivity contribution in [3.63, 3.8) is 0 Å². The van der Waals surface area contributed by atoms with Crippen molar-refractivity contribution < 1.29 is 5.21 Å². The van der Waals surface area contributed by atoms with Gasteiger partial charge in [-0.05, 0) is 31.5 Å². The van der Waals surface area contributed by atoms with Crippen LogP contribution >= 0.6 is 0 Å². The number of rotatable bonds is 7. The van der Waals surface area contributed by atoms with Gasteiger partial charge in [-0.25, -0.2) is 0 Å². The smallest absolute Gasteiger partial charge is 0.153 e. The number of amidine groups is 1. The summed E-state index contributed by atoms with van der Waals surface area (Å²) < 4.78 is 0. The van der Waals surface area contributed by atoms with Crippen LogP contribution < -0.4 is 5.73 Å². The zero-order valence-electron chi connectivity index (χ0n) is 10.3. The fraction of sp³-hybridized carbons (Fsp3) is 0.462. The van der Waals surface area contributed by atoms with Gasteiger partial charge in [-0.15, -0.1) is 0 Å². The summed E-state index contributed by atoms with van der Waals surface area (Å²) in [6, 6.07) is 10.4. The molecule has 4 nitrogen and oxygen atoms in total. The summed E-state index contributed by atoms with van der Waals surface area (Å²) >= 11 is 0. The molecule has 0 heterocycles. The minimum Gasteiger partial charge on any atom is -0.409 e. The molecule has 1 aromatic carbocycles. The van der Waals surface area contributed by atoms with Crippen molar-refractivity contribution in [3.8, 4) is 0 Å². The summed E-state index contributed by atoms with van der Waals surface area (Å²) in [6.45, 7) is 4.47. The Morgan fingerprint density at radius 2 is 2.06 bits per heavy atom. The van der Waals surface area contributed by atoms with E-state index in [1.165, 1.54) is 5.56 Å². The van der Waals surface area contributed by atoms with Crippen LogP contribution in [0.3, 0.4) is 0 Å². The Labute approximate surface area is 103 Å². The predicted octanol–water partition coefficient (Wildman–Crippen LogP) is 1.69. The lowest BCUT2D eigenvalue weighted by Gasteiger charge is -2.19. The maximum absolute atomic E-state index is 8.52. The maximum atomic E-state index is 8.52. The van der Waals surface area contributed by atoms with Crippen LogP contribution in [0, 0.1) is 0 Å². The van der Waals surface area contributed by atoms with Crippen LogP contribution in [0.4, 0.5) is 0 Å². The Morgan fingerprint density at radius 1 is 1.35 bits per heavy atom. The summed E-state index contributed by atoms with van der Waals surface area (Å²) in [5, 5.41) is 11.5. The van der Waals surface area contributed by atoms with Crippen LogP contribution in [0.5, 0.6) is 0 Å². The molecule has 0 fully saturated rings. The van der Waals surface area contributed by atoms with E-state index >= 15 is 0 Å². The van der Waals surface area contributed by atoms with Crippen LogP contribution in [0.25, 0.3) is 0 Å². The topological polar surface area (TPSA) is 61.8 Å². The molecule has 0 spiro atoms. The van der Waals surface area contributed by atoms with Gasteiger partial charge in [0.2, 0.25) is 0 Å². The van der Waals surface area contributed by atoms with Crippen molar-refractivity contribution in [1.29, 1.82) is 0 Å². The lowest BCUT2D eigenvalue weighted by atomic mass is 10.1. The van der Waals surface area contributed by atoms with E-state index in [-0.39, 0.29) is 5.84 Å². The molecule has 0 aliphatic heterocycles. The van der Waals surface area contributed by atoms with Crippen LogP contribution in [0.1, 0.15) is 18.9 Å². The molecule has 0 unspecified atom stereocenters. The van der Waals surface area contributed by atoms with Crippen molar-refractivity contribution in [2.75, 3.05) is 19.6 Å². The second-order valence-corrected chi connectivity index (χ2v) is 4.05. The molecule has 0 aromatic heterocycles. The molecule has 0 amide bonds. The summed E-state index contributed by atoms with van der Waals surface area (Å²) in [6.07, 6.45) is 2.14. The quantitative estimate of drug-likeness (QED) is 0.327. The number of nitrogens with two attached hydrogens (primary N) is 1. The number of oxime groups is 1. The van der Waals surface area contributed by atoms with Crippen LogP contribution in [0.15, 0.2) is 35.5 Å². The average Bonchev–Trinajstić information content (AvgIpc) is 2.38. The van der Waals surface area contributed by atoms with Gasteiger partial charge in [0.1, 0.15) is 0 Å². The maximum Gasteiger partial charge on any atom is 0.153 e. The van der Waals surface area contributed by atoms with E-state index in [9.17, 15) is 0 Å². The van der Waals surface area contributed by atoms with Crippen molar-refractivity contribution in [2.24, 2.45) is 10.9 Å². The number of benzene rings is 1. The van der Waals surface area contributed by atoms with Gasteiger partial charge in [0.15, 0.2) is 5.84 Å². The lowest BCUT2D eigenvalue weighted by Crippen LogP contribution is -2.34. The number of aryl methyl sites for hydroxylation is 1. The van der Waals surface area contributed by atoms with Gasteiger partial charge in [-0.1, -0.05) is 42.4 Å². The molecule has 0 saturated heterocycles. The normalized spacial score (nSPS) is 12.0. The number of hydrogen-bond acceptors (Lipinski definition) is 3. The standard InChI is InChI=1S/C13H21N3O/c1-2-16(11-13(14)15-17)10-6-9-12-7-4-3-5-8-12/h3-5,7-8,17H,2,6,9-11H2,1H3,(H2,14,15). The van der Waals surface area contributed by atoms with Crippen LogP contribution in [0.2, 0.25) is 0 Å². The lowest BCUT2D eigenvalue weighted by molar-refractivity contribution is 0.296. The summed E-state index contributed by atoms with van der Waals surface area (Å²) in [5.74, 6) is 0.270. The van der Waals surface area contributed by atoms with E-state index in [2.05, 4.69) is 41.2 Å². The van der Waals surface area contributed by atoms with Gasteiger partial charge in [-0.2, -0.15) is 0 Å². The van der Waals surface area contributed by atoms with E-state index in [0.717, 1.165) is 25.9 Å². The van der Waals surface area contributed by atoms with Crippen molar-refractivity contribution in [2.45, 2.75) is 19.8 Å². The summed E-state index contributed by atoms with van der Waals surface area (Å²) in [5.41, 5.74) is 6.84. The van der Waals surface area contributed by atoms with E-state index in [1.807, 2.05) is 6.07 Å². The Balaban J connectivity index is 2.29. The molecular weight excluding hydrogens is 214 g/mol. The fourth-order valence-electron chi connectivity index (χ4n) is 1.76. The first-order chi connectivity index (χ1) is 8.26. The highest BCUT2D eigenvalue weighted by atomic mass is 16.4. The number of hydrogen-bond donors (Lipinski definition) is 2. The molecule has 1 rings (SSSR count). The van der Waals surface area contributed by atoms with Crippen molar-refractivity contribution >= 4 is 5.84 Å². The first-order valence-corrected chi connectivity index (χ1v) is 5.99. The molecule has 1 aromatic rings. The van der Waals surface area contributed by atoms with Gasteiger partial charge in [0.25, 0.3) is 0 Å². The van der Waals surface area contributed by atoms with Gasteiger partial charge >= 0.3 is 0 Å². The molecule has 94 valence electrons. The highest BCUT2D eigenvalue weighted by Crippen LogP contribution is 2.03. The number of nitrogens with zero attached hydrogens (tertiary/aromatic N) is 2. The third kappa shape index (κ3) is 5.36. The zero-order chi connectivity index (χ0) is 12.5. The van der Waals surface area contributed by atoms with E-state index in [4.69, 9.17) is 10.9 Å². The molecule has 0 aliphatic rings. The second kappa shape index (κ2) is 7.68. The Bertz CT molecular complexity index is 338. The molecule has 0 bridgehead atoms. The monoisotopic (exact) mass is 235 g/mol. The first-order valence-electron chi connectivity index (χ1n) is 5.99. The predicted molar refractivity (Wildman–Crippen MR) is 70.3 cm³/mol. The third-order valence-corrected chi connectivity index (χ3v) is 2.74. The molecule has 0 aliphatic carbocycles. The Hall–Kier alpha value is -1.55. The van der Waals surface area contributed by atoms with E-state index in [1.54, 1.807) is 0 Å². The van der Waals surface area contributed by atoms with E-state index < -0.39 is 0 Å². The highest BCUT2D eigenvalue weighted by molar-refractivity contribution is 5.81. The zero-order valence-corrected chi connectivity index (χ0v) is 10.3. The Morgan fingerprint density at radius 3 is 2.65 bits per heavy atom. The molecule has 0 atom stereocenters. The van der Waals surface area contributed by atoms with Gasteiger partial charge in [0, 0.05) is 0 Å². The first kappa shape index (κ1) is 13.5. The average molecular weight is 235 g/mol. The van der Waals surface area contributed by atoms with E-state index in [0.29, 0.717) is 6.54 Å². The molecule has 0 saturated carbocycles. The summed E-state index contributed by atoms with van der Waals surface area (Å²) in [7, 11) is 0. The summed E-state index contributed by atoms with van der Waals surface area (Å²) in [4.78, 5) is 2.16. The van der Waals surface area contributed by atoms with Crippen LogP contribution in [-0.2, 0) is 6.42 Å². The third-order valence-electron chi connectivity index (χ3n) is 2.74. The molecule has 4 heteroatoms. The van der Waals surface area contributed by atoms with Gasteiger partial charge in [0.05, 0.1) is 6.54 Å². The van der Waals surface area contributed by atoms with Crippen molar-refractivity contribution in [3.05, 3.63) is 35.9 Å². The molecule has 17 heavy (non-hydrogen) atoms. The minimum absolute atomic E-state index is 0.270. The van der Waals surface area contributed by atoms with Crippen molar-refractivity contribution in [1.82, 2.24) is 4.90 Å². The van der Waals surface area contributed by atoms with Gasteiger partial charge < -0.3 is 10.9 Å². The Kier molecular flexibility index (Phi) is 6.10. The van der Waals surface area contributed by atoms with Crippen LogP contribution in [-0.4, -0.2) is 35.6 Å². The SMILES string of the molecule is CCN(CCCc1ccccc1)CC(N)=NO. The second-order valence-electron chi connectivity index (χ2n) is 4.05. The highest BCUT2D eigenvalue weighted by Gasteiger charge is 2.04. The number of likely N-dealkylation sites (N-methyl/N-ethyl adjacent to an activating group) is 1. The largest absolute Gasteiger partial charge is 0.409 e. The molecular formula is C13H21N3O. The van der Waals surface area contributed by atoms with Gasteiger partial charge in [-0.3, -0.25) is 4.90 Å². The molecule has 0 radical (unpaired) electrons. The molecule has 3 N–H and O–H groups in total. The fourth-order valence-corrected chi connectivity index (χ4v) is 1.76. The minimum atomic E-state index is 0.270.